The van der Waals surface area contributed by atoms with Gasteiger partial charge in [0.25, 0.3) is 0 Å². The van der Waals surface area contributed by atoms with Crippen LogP contribution in [0.5, 0.6) is 6.01 Å². The molecule has 110 valence electrons. The van der Waals surface area contributed by atoms with Crippen molar-refractivity contribution in [1.29, 1.82) is 0 Å². The molecule has 1 aliphatic rings. The largest absolute Gasteiger partial charge is 0.467 e. The van der Waals surface area contributed by atoms with Crippen LogP contribution in [0.25, 0.3) is 0 Å². The van der Waals surface area contributed by atoms with Crippen molar-refractivity contribution < 1.29 is 9.53 Å². The molecule has 1 aromatic heterocycles. The van der Waals surface area contributed by atoms with E-state index in [-0.39, 0.29) is 23.9 Å². The summed E-state index contributed by atoms with van der Waals surface area (Å²) in [5.41, 5.74) is 2.39. The molecule has 0 bridgehead atoms. The summed E-state index contributed by atoms with van der Waals surface area (Å²) in [5, 5.41) is 2.92. The highest BCUT2D eigenvalue weighted by molar-refractivity contribution is 5.73. The second-order valence-electron chi connectivity index (χ2n) is 4.55. The average Bonchev–Trinajstić information content (AvgIpc) is 2.46. The van der Waals surface area contributed by atoms with Gasteiger partial charge in [-0.3, -0.25) is 10.2 Å². The molecule has 0 aromatic carbocycles. The van der Waals surface area contributed by atoms with Gasteiger partial charge in [0.15, 0.2) is 0 Å². The lowest BCUT2D eigenvalue weighted by atomic mass is 10.1. The van der Waals surface area contributed by atoms with Gasteiger partial charge in [-0.05, 0) is 12.8 Å². The average molecular weight is 281 g/mol. The Morgan fingerprint density at radius 3 is 2.60 bits per heavy atom. The van der Waals surface area contributed by atoms with E-state index in [2.05, 4.69) is 25.7 Å². The van der Waals surface area contributed by atoms with Gasteiger partial charge in [0.1, 0.15) is 0 Å². The number of rotatable bonds is 4. The Hall–Kier alpha value is -2.16. The molecule has 9 nitrogen and oxygen atoms in total. The fraction of sp³-hybridized carbons (Fsp3) is 0.636. The lowest BCUT2D eigenvalue weighted by Gasteiger charge is -2.32. The molecule has 0 unspecified atom stereocenters. The molecular weight excluding hydrogens is 262 g/mol. The number of ether oxygens (including phenoxy) is 1. The van der Waals surface area contributed by atoms with Gasteiger partial charge in [-0.25, -0.2) is 5.84 Å². The maximum absolute atomic E-state index is 11.0. The number of carbonyl (C=O) groups is 1. The zero-order valence-electron chi connectivity index (χ0n) is 11.6. The predicted molar refractivity (Wildman–Crippen MR) is 73.2 cm³/mol. The highest BCUT2D eigenvalue weighted by Gasteiger charge is 2.22. The van der Waals surface area contributed by atoms with Crippen molar-refractivity contribution in [3.8, 4) is 6.01 Å². The van der Waals surface area contributed by atoms with E-state index in [1.807, 2.05) is 4.90 Å². The summed E-state index contributed by atoms with van der Waals surface area (Å²) in [6.07, 6.45) is 1.69. The van der Waals surface area contributed by atoms with Gasteiger partial charge in [-0.2, -0.15) is 15.0 Å². The molecule has 0 aliphatic carbocycles. The van der Waals surface area contributed by atoms with Crippen LogP contribution in [0.2, 0.25) is 0 Å². The van der Waals surface area contributed by atoms with Gasteiger partial charge >= 0.3 is 6.01 Å². The number of anilines is 2. The number of amides is 1. The maximum atomic E-state index is 11.0. The number of hydrogen-bond donors (Lipinski definition) is 3. The number of hydrazine groups is 1. The molecular formula is C11H19N7O2. The first-order chi connectivity index (χ1) is 9.62. The van der Waals surface area contributed by atoms with Crippen molar-refractivity contribution in [2.24, 2.45) is 5.84 Å². The number of nitrogens with zero attached hydrogens (tertiary/aromatic N) is 4. The van der Waals surface area contributed by atoms with Crippen molar-refractivity contribution in [2.45, 2.75) is 25.8 Å². The van der Waals surface area contributed by atoms with Crippen LogP contribution in [0.15, 0.2) is 0 Å². The van der Waals surface area contributed by atoms with Crippen LogP contribution in [-0.4, -0.2) is 47.1 Å². The van der Waals surface area contributed by atoms with Crippen molar-refractivity contribution in [1.82, 2.24) is 20.3 Å². The molecule has 2 heterocycles. The van der Waals surface area contributed by atoms with Crippen LogP contribution in [0.3, 0.4) is 0 Å². The highest BCUT2D eigenvalue weighted by Crippen LogP contribution is 2.19. The number of methoxy groups -OCH3 is 1. The van der Waals surface area contributed by atoms with E-state index in [1.165, 1.54) is 14.0 Å². The van der Waals surface area contributed by atoms with Crippen LogP contribution in [0.4, 0.5) is 11.9 Å². The van der Waals surface area contributed by atoms with E-state index >= 15 is 0 Å². The van der Waals surface area contributed by atoms with Gasteiger partial charge in [-0.1, -0.05) is 0 Å². The first kappa shape index (κ1) is 14.3. The van der Waals surface area contributed by atoms with Crippen LogP contribution in [-0.2, 0) is 4.79 Å². The molecule has 1 aliphatic heterocycles. The number of nitrogen functional groups attached to an aromatic ring is 1. The van der Waals surface area contributed by atoms with Crippen molar-refractivity contribution >= 4 is 17.8 Å². The second kappa shape index (κ2) is 6.33. The number of aromatic nitrogens is 3. The molecule has 1 amide bonds. The van der Waals surface area contributed by atoms with Gasteiger partial charge in [0, 0.05) is 26.1 Å². The van der Waals surface area contributed by atoms with Crippen LogP contribution in [0, 0.1) is 0 Å². The smallest absolute Gasteiger partial charge is 0.322 e. The number of piperidine rings is 1. The molecule has 1 saturated heterocycles. The predicted octanol–water partition coefficient (Wildman–Crippen LogP) is -0.729. The first-order valence-electron chi connectivity index (χ1n) is 6.41. The maximum Gasteiger partial charge on any atom is 0.322 e. The molecule has 4 N–H and O–H groups in total. The molecule has 1 fully saturated rings. The summed E-state index contributed by atoms with van der Waals surface area (Å²) in [7, 11) is 1.49. The van der Waals surface area contributed by atoms with Gasteiger partial charge in [0.2, 0.25) is 17.8 Å². The van der Waals surface area contributed by atoms with E-state index < -0.39 is 0 Å². The van der Waals surface area contributed by atoms with E-state index in [0.29, 0.717) is 5.95 Å². The minimum absolute atomic E-state index is 0.0000941. The van der Waals surface area contributed by atoms with E-state index in [0.717, 1.165) is 25.9 Å². The Morgan fingerprint density at radius 1 is 1.35 bits per heavy atom. The number of nitrogens with one attached hydrogen (secondary N) is 2. The Kier molecular flexibility index (Phi) is 4.51. The molecule has 1 aromatic rings. The van der Waals surface area contributed by atoms with Crippen molar-refractivity contribution in [3.63, 3.8) is 0 Å². The van der Waals surface area contributed by atoms with Crippen LogP contribution in [0.1, 0.15) is 19.8 Å². The summed E-state index contributed by atoms with van der Waals surface area (Å²) in [4.78, 5) is 25.4. The monoisotopic (exact) mass is 281 g/mol. The minimum Gasteiger partial charge on any atom is -0.467 e. The van der Waals surface area contributed by atoms with Crippen LogP contribution >= 0.6 is 0 Å². The molecule has 0 saturated carbocycles. The summed E-state index contributed by atoms with van der Waals surface area (Å²) in [6.45, 7) is 3.03. The van der Waals surface area contributed by atoms with E-state index in [4.69, 9.17) is 10.6 Å². The fourth-order valence-corrected chi connectivity index (χ4v) is 2.15. The third-order valence-electron chi connectivity index (χ3n) is 3.10. The lowest BCUT2D eigenvalue weighted by Crippen LogP contribution is -2.44. The number of carbonyl (C=O) groups excluding carboxylic acids is 1. The molecule has 0 spiro atoms. The van der Waals surface area contributed by atoms with Gasteiger partial charge in [-0.15, -0.1) is 0 Å². The summed E-state index contributed by atoms with van der Waals surface area (Å²) >= 11 is 0. The molecule has 0 atom stereocenters. The Bertz CT molecular complexity index is 452. The molecule has 2 rings (SSSR count). The Balaban J connectivity index is 2.04. The first-order valence-corrected chi connectivity index (χ1v) is 6.41. The zero-order valence-corrected chi connectivity index (χ0v) is 11.6. The third kappa shape index (κ3) is 3.44. The normalized spacial score (nSPS) is 15.8. The lowest BCUT2D eigenvalue weighted by molar-refractivity contribution is -0.119. The fourth-order valence-electron chi connectivity index (χ4n) is 2.15. The Labute approximate surface area is 116 Å². The summed E-state index contributed by atoms with van der Waals surface area (Å²) in [5.74, 6) is 6.10. The van der Waals surface area contributed by atoms with Gasteiger partial charge < -0.3 is 15.0 Å². The van der Waals surface area contributed by atoms with Crippen molar-refractivity contribution in [2.75, 3.05) is 30.5 Å². The molecule has 0 radical (unpaired) electrons. The Morgan fingerprint density at radius 2 is 2.05 bits per heavy atom. The number of nitrogens with two attached hydrogens (primary N) is 1. The standard InChI is InChI=1S/C11H19N7O2/c1-7(19)13-8-3-5-18(6-4-8)10-14-9(17-12)15-11(16-10)20-2/h8H,3-6,12H2,1-2H3,(H,13,19)(H,14,15,16,17). The molecule has 9 heteroatoms. The second-order valence-corrected chi connectivity index (χ2v) is 4.55. The van der Waals surface area contributed by atoms with Crippen LogP contribution < -0.4 is 26.2 Å². The SMILES string of the molecule is COc1nc(NN)nc(N2CCC(NC(C)=O)CC2)n1. The number of hydrogen-bond acceptors (Lipinski definition) is 8. The van der Waals surface area contributed by atoms with Crippen molar-refractivity contribution in [3.05, 3.63) is 0 Å². The van der Waals surface area contributed by atoms with E-state index in [1.54, 1.807) is 0 Å². The minimum atomic E-state index is -0.0000941. The van der Waals surface area contributed by atoms with Gasteiger partial charge in [0.05, 0.1) is 7.11 Å². The topological polar surface area (TPSA) is 118 Å². The summed E-state index contributed by atoms with van der Waals surface area (Å²) in [6, 6.07) is 0.423. The highest BCUT2D eigenvalue weighted by atomic mass is 16.5. The summed E-state index contributed by atoms with van der Waals surface area (Å²) < 4.78 is 5.02. The van der Waals surface area contributed by atoms with E-state index in [9.17, 15) is 4.79 Å². The quantitative estimate of drug-likeness (QED) is 0.488. The third-order valence-corrected chi connectivity index (χ3v) is 3.10. The molecule has 20 heavy (non-hydrogen) atoms. The zero-order chi connectivity index (χ0) is 14.5.